The molecule has 3 atom stereocenters. The number of hydrogen-bond donors (Lipinski definition) is 1. The van der Waals surface area contributed by atoms with Gasteiger partial charge in [0.25, 0.3) is 0 Å². The van der Waals surface area contributed by atoms with Crippen LogP contribution in [0.1, 0.15) is 41.0 Å². The standard InChI is InChI=1S/C16H28N2O6S.Tl/c1-9(2)11-7-12(13(19)17-10(8-25)14(20)22-6)24-18(11)15(21)23-16(3,4)5;/h9-12,25H,7-8H2,1-6H3,(H,17,19);/q;+1/p-1/t10-,11+,12?;/m0./s1. The van der Waals surface area contributed by atoms with Crippen LogP contribution in [-0.4, -0.2) is 83.9 Å². The number of nitrogens with zero attached hydrogens (tertiary/aromatic N) is 1. The first-order valence-corrected chi connectivity index (χ1v) is 14.9. The Labute approximate surface area is 172 Å². The van der Waals surface area contributed by atoms with E-state index in [1.807, 2.05) is 13.8 Å². The Morgan fingerprint density at radius 1 is 1.35 bits per heavy atom. The number of hydroxylamine groups is 2. The zero-order chi connectivity index (χ0) is 20.1. The Balaban J connectivity index is 2.83. The van der Waals surface area contributed by atoms with Crippen molar-refractivity contribution in [1.82, 2.24) is 10.4 Å². The average Bonchev–Trinajstić information content (AvgIpc) is 2.97. The van der Waals surface area contributed by atoms with Crippen LogP contribution >= 0.6 is 8.31 Å². The Morgan fingerprint density at radius 2 is 1.96 bits per heavy atom. The van der Waals surface area contributed by atoms with Gasteiger partial charge < -0.3 is 0 Å². The van der Waals surface area contributed by atoms with Gasteiger partial charge in [-0.3, -0.25) is 0 Å². The van der Waals surface area contributed by atoms with Crippen molar-refractivity contribution in [2.75, 3.05) is 12.9 Å². The second kappa shape index (κ2) is 10.1. The fourth-order valence-corrected chi connectivity index (χ4v) is 5.08. The number of ether oxygens (including phenoxy) is 2. The molecule has 1 aliphatic heterocycles. The summed E-state index contributed by atoms with van der Waals surface area (Å²) in [6.07, 6.45) is -1.14. The van der Waals surface area contributed by atoms with Crippen LogP contribution < -0.4 is 5.32 Å². The second-order valence-electron chi connectivity index (χ2n) is 7.36. The molecule has 1 heterocycles. The average molecular weight is 580 g/mol. The third kappa shape index (κ3) is 6.87. The summed E-state index contributed by atoms with van der Waals surface area (Å²) in [6, 6.07) is -1.01. The minimum atomic E-state index is -0.858. The maximum atomic E-state index is 12.6. The van der Waals surface area contributed by atoms with Gasteiger partial charge in [-0.1, -0.05) is 0 Å². The van der Waals surface area contributed by atoms with E-state index in [0.29, 0.717) is 36.4 Å². The number of methoxy groups -OCH3 is 1. The predicted octanol–water partition coefficient (Wildman–Crippen LogP) is 1.43. The van der Waals surface area contributed by atoms with Crippen LogP contribution in [0.25, 0.3) is 0 Å². The van der Waals surface area contributed by atoms with Crippen LogP contribution in [0.4, 0.5) is 4.79 Å². The summed E-state index contributed by atoms with van der Waals surface area (Å²) < 4.78 is 10.1. The molecule has 0 aliphatic carbocycles. The summed E-state index contributed by atoms with van der Waals surface area (Å²) in [7, 11) is 2.87. The van der Waals surface area contributed by atoms with E-state index in [1.165, 1.54) is 7.11 Å². The summed E-state index contributed by atoms with van der Waals surface area (Å²) in [6.45, 7) is 9.19. The van der Waals surface area contributed by atoms with Gasteiger partial charge in [0.15, 0.2) is 0 Å². The van der Waals surface area contributed by atoms with Gasteiger partial charge in [0.1, 0.15) is 0 Å². The molecular formula is C16H27N2O6STl. The van der Waals surface area contributed by atoms with E-state index in [0.717, 1.165) is 5.06 Å². The Kier molecular flexibility index (Phi) is 9.13. The van der Waals surface area contributed by atoms with E-state index in [9.17, 15) is 14.4 Å². The third-order valence-corrected chi connectivity index (χ3v) is 6.47. The maximum absolute atomic E-state index is 12.6. The van der Waals surface area contributed by atoms with Gasteiger partial charge in [-0.15, -0.1) is 0 Å². The number of hydrogen-bond acceptors (Lipinski definition) is 7. The number of carbonyl (C=O) groups is 3. The topological polar surface area (TPSA) is 94.2 Å². The van der Waals surface area contributed by atoms with Crippen LogP contribution in [0.2, 0.25) is 0 Å². The first-order valence-electron chi connectivity index (χ1n) is 8.39. The first-order chi connectivity index (χ1) is 12.0. The zero-order valence-corrected chi connectivity index (χ0v) is 21.4. The van der Waals surface area contributed by atoms with Crippen molar-refractivity contribution in [2.24, 2.45) is 5.92 Å². The van der Waals surface area contributed by atoms with Crippen molar-refractivity contribution < 1.29 is 28.7 Å². The van der Waals surface area contributed by atoms with Gasteiger partial charge in [0.2, 0.25) is 0 Å². The molecule has 1 unspecified atom stereocenters. The molecule has 1 aliphatic rings. The quantitative estimate of drug-likeness (QED) is 0.376. The van der Waals surface area contributed by atoms with E-state index < -0.39 is 35.7 Å². The number of rotatable bonds is 6. The van der Waals surface area contributed by atoms with Crippen LogP contribution in [0.5, 0.6) is 0 Å². The van der Waals surface area contributed by atoms with E-state index in [2.05, 4.69) is 5.32 Å². The molecule has 26 heavy (non-hydrogen) atoms. The predicted molar refractivity (Wildman–Crippen MR) is 98.3 cm³/mol. The molecule has 0 bridgehead atoms. The number of esters is 1. The number of carbonyl (C=O) groups excluding carboxylic acids is 3. The van der Waals surface area contributed by atoms with Gasteiger partial charge >= 0.3 is 173 Å². The molecular weight excluding hydrogens is 553 g/mol. The molecule has 0 aromatic rings. The molecule has 0 radical (unpaired) electrons. The summed E-state index contributed by atoms with van der Waals surface area (Å²) >= 11 is 0.639. The Hall–Kier alpha value is -0.558. The van der Waals surface area contributed by atoms with E-state index >= 15 is 0 Å². The molecule has 0 aromatic carbocycles. The van der Waals surface area contributed by atoms with Gasteiger partial charge in [-0.05, 0) is 0 Å². The normalized spacial score (nSPS) is 21.4. The zero-order valence-electron chi connectivity index (χ0n) is 16.1. The van der Waals surface area contributed by atoms with Crippen LogP contribution in [0.3, 0.4) is 0 Å². The van der Waals surface area contributed by atoms with Crippen molar-refractivity contribution in [1.29, 1.82) is 0 Å². The van der Waals surface area contributed by atoms with Gasteiger partial charge in [-0.25, -0.2) is 0 Å². The molecule has 10 heteroatoms. The molecule has 146 valence electrons. The summed E-state index contributed by atoms with van der Waals surface area (Å²) in [5, 5.41) is 3.82. The van der Waals surface area contributed by atoms with Gasteiger partial charge in [0, 0.05) is 0 Å². The third-order valence-electron chi connectivity index (χ3n) is 3.70. The SMILES string of the molecule is COC(=O)[C@H](C[S][Tl])NC(=O)C1C[C@H](C(C)C)N(C(=O)OC(C)(C)C)O1. The van der Waals surface area contributed by atoms with Gasteiger partial charge in [0.05, 0.1) is 0 Å². The Bertz CT molecular complexity index is 525. The summed E-state index contributed by atoms with van der Waals surface area (Å²) in [5.74, 6) is -0.390. The van der Waals surface area contributed by atoms with E-state index in [4.69, 9.17) is 14.3 Å². The minimum absolute atomic E-state index is 0.0788. The fraction of sp³-hybridized carbons (Fsp3) is 0.812. The molecule has 1 N–H and O–H groups in total. The monoisotopic (exact) mass is 580 g/mol. The van der Waals surface area contributed by atoms with Gasteiger partial charge in [-0.2, -0.15) is 0 Å². The molecule has 1 fully saturated rings. The summed E-state index contributed by atoms with van der Waals surface area (Å²) in [5.41, 5.74) is -0.665. The van der Waals surface area contributed by atoms with Crippen molar-refractivity contribution in [2.45, 2.75) is 64.8 Å². The van der Waals surface area contributed by atoms with Crippen molar-refractivity contribution >= 4 is 50.5 Å². The van der Waals surface area contributed by atoms with E-state index in [-0.39, 0.29) is 12.0 Å². The van der Waals surface area contributed by atoms with Crippen molar-refractivity contribution in [3.63, 3.8) is 0 Å². The van der Waals surface area contributed by atoms with Crippen molar-refractivity contribution in [3.05, 3.63) is 0 Å². The molecule has 8 nitrogen and oxygen atoms in total. The fourth-order valence-electron chi connectivity index (χ4n) is 2.43. The second-order valence-corrected chi connectivity index (χ2v) is 11.9. The number of amides is 2. The molecule has 1 rings (SSSR count). The first kappa shape index (κ1) is 23.5. The molecule has 0 saturated carbocycles. The van der Waals surface area contributed by atoms with Crippen LogP contribution in [0, 0.1) is 5.92 Å². The van der Waals surface area contributed by atoms with Crippen molar-refractivity contribution in [3.8, 4) is 0 Å². The summed E-state index contributed by atoms with van der Waals surface area (Å²) in [4.78, 5) is 42.3. The Morgan fingerprint density at radius 3 is 2.42 bits per heavy atom. The van der Waals surface area contributed by atoms with Crippen LogP contribution in [-0.2, 0) is 23.9 Å². The molecule has 1 saturated heterocycles. The number of nitrogens with one attached hydrogen (secondary N) is 1. The van der Waals surface area contributed by atoms with E-state index in [1.54, 1.807) is 29.1 Å². The molecule has 0 spiro atoms. The molecule has 2 amide bonds. The van der Waals surface area contributed by atoms with Crippen LogP contribution in [0.15, 0.2) is 0 Å². The molecule has 0 aromatic heterocycles.